The molecule has 0 atom stereocenters. The SMILES string of the molecule is Cc1ccc(C)c(S(=O)(=O)N2CCN(C(=O)CNC(=O)C3CCCCC3)CC2)c1. The van der Waals surface area contributed by atoms with Gasteiger partial charge in [-0.25, -0.2) is 8.42 Å². The number of hydrogen-bond acceptors (Lipinski definition) is 4. The first-order valence-corrected chi connectivity index (χ1v) is 11.9. The lowest BCUT2D eigenvalue weighted by Crippen LogP contribution is -2.52. The molecule has 2 fully saturated rings. The van der Waals surface area contributed by atoms with E-state index in [1.54, 1.807) is 17.9 Å². The van der Waals surface area contributed by atoms with Gasteiger partial charge in [-0.2, -0.15) is 4.31 Å². The van der Waals surface area contributed by atoms with Crippen molar-refractivity contribution in [2.45, 2.75) is 50.8 Å². The average molecular weight is 422 g/mol. The first-order valence-electron chi connectivity index (χ1n) is 10.4. The van der Waals surface area contributed by atoms with Gasteiger partial charge in [0, 0.05) is 32.1 Å². The van der Waals surface area contributed by atoms with Gasteiger partial charge in [0.2, 0.25) is 21.8 Å². The topological polar surface area (TPSA) is 86.8 Å². The molecule has 1 aromatic rings. The number of hydrogen-bond donors (Lipinski definition) is 1. The molecule has 1 saturated carbocycles. The molecule has 8 heteroatoms. The first kappa shape index (κ1) is 21.8. The van der Waals surface area contributed by atoms with Crippen molar-refractivity contribution in [3.8, 4) is 0 Å². The monoisotopic (exact) mass is 421 g/mol. The summed E-state index contributed by atoms with van der Waals surface area (Å²) in [6.45, 7) is 4.84. The number of piperazine rings is 1. The molecule has 3 rings (SSSR count). The van der Waals surface area contributed by atoms with Gasteiger partial charge in [0.15, 0.2) is 0 Å². The second-order valence-corrected chi connectivity index (χ2v) is 10.0. The van der Waals surface area contributed by atoms with E-state index in [-0.39, 0.29) is 37.4 Å². The van der Waals surface area contributed by atoms with Crippen molar-refractivity contribution in [3.05, 3.63) is 29.3 Å². The summed E-state index contributed by atoms with van der Waals surface area (Å²) >= 11 is 0. The van der Waals surface area contributed by atoms with Crippen LogP contribution >= 0.6 is 0 Å². The molecule has 1 heterocycles. The van der Waals surface area contributed by atoms with E-state index in [0.717, 1.165) is 36.8 Å². The Labute approximate surface area is 173 Å². The van der Waals surface area contributed by atoms with Crippen molar-refractivity contribution >= 4 is 21.8 Å². The van der Waals surface area contributed by atoms with Crippen LogP contribution in [-0.4, -0.2) is 62.2 Å². The summed E-state index contributed by atoms with van der Waals surface area (Å²) in [5.41, 5.74) is 1.62. The number of benzene rings is 1. The Bertz CT molecular complexity index is 855. The summed E-state index contributed by atoms with van der Waals surface area (Å²) in [6.07, 6.45) is 5.12. The number of rotatable bonds is 5. The number of carbonyl (C=O) groups excluding carboxylic acids is 2. The fourth-order valence-corrected chi connectivity index (χ4v) is 5.82. The Balaban J connectivity index is 1.52. The second-order valence-electron chi connectivity index (χ2n) is 8.11. The zero-order valence-corrected chi connectivity index (χ0v) is 18.1. The molecule has 1 saturated heterocycles. The number of amides is 2. The molecular weight excluding hydrogens is 390 g/mol. The summed E-state index contributed by atoms with van der Waals surface area (Å²) in [4.78, 5) is 26.6. The van der Waals surface area contributed by atoms with Crippen LogP contribution in [0.3, 0.4) is 0 Å². The highest BCUT2D eigenvalue weighted by atomic mass is 32.2. The molecule has 1 aromatic carbocycles. The van der Waals surface area contributed by atoms with Crippen LogP contribution in [0.25, 0.3) is 0 Å². The second kappa shape index (κ2) is 9.26. The minimum Gasteiger partial charge on any atom is -0.347 e. The van der Waals surface area contributed by atoms with E-state index in [1.165, 1.54) is 10.7 Å². The lowest BCUT2D eigenvalue weighted by molar-refractivity contribution is -0.135. The summed E-state index contributed by atoms with van der Waals surface area (Å²) in [5, 5.41) is 2.77. The Morgan fingerprint density at radius 1 is 1.03 bits per heavy atom. The fourth-order valence-electron chi connectivity index (χ4n) is 4.09. The van der Waals surface area contributed by atoms with Gasteiger partial charge in [-0.3, -0.25) is 9.59 Å². The minimum absolute atomic E-state index is 0.0148. The molecule has 0 unspecified atom stereocenters. The molecule has 0 spiro atoms. The molecule has 0 bridgehead atoms. The third-order valence-electron chi connectivity index (χ3n) is 5.94. The molecule has 1 aliphatic heterocycles. The van der Waals surface area contributed by atoms with Crippen LogP contribution in [0.5, 0.6) is 0 Å². The maximum absolute atomic E-state index is 13.0. The quantitative estimate of drug-likeness (QED) is 0.786. The molecule has 0 radical (unpaired) electrons. The maximum atomic E-state index is 13.0. The van der Waals surface area contributed by atoms with Gasteiger partial charge in [0.25, 0.3) is 0 Å². The maximum Gasteiger partial charge on any atom is 0.243 e. The molecule has 7 nitrogen and oxygen atoms in total. The van der Waals surface area contributed by atoms with E-state index in [9.17, 15) is 18.0 Å². The molecule has 2 amide bonds. The van der Waals surface area contributed by atoms with Crippen LogP contribution in [0, 0.1) is 19.8 Å². The number of aryl methyl sites for hydroxylation is 2. The van der Waals surface area contributed by atoms with Crippen molar-refractivity contribution < 1.29 is 18.0 Å². The zero-order chi connectivity index (χ0) is 21.0. The van der Waals surface area contributed by atoms with Crippen molar-refractivity contribution in [2.75, 3.05) is 32.7 Å². The van der Waals surface area contributed by atoms with Gasteiger partial charge in [-0.15, -0.1) is 0 Å². The molecule has 160 valence electrons. The van der Waals surface area contributed by atoms with Crippen molar-refractivity contribution in [3.63, 3.8) is 0 Å². The zero-order valence-electron chi connectivity index (χ0n) is 17.3. The van der Waals surface area contributed by atoms with Crippen LogP contribution in [-0.2, 0) is 19.6 Å². The van der Waals surface area contributed by atoms with Gasteiger partial charge in [-0.1, -0.05) is 31.4 Å². The van der Waals surface area contributed by atoms with Crippen molar-refractivity contribution in [2.24, 2.45) is 5.92 Å². The normalized spacial score (nSPS) is 19.2. The predicted molar refractivity (Wildman–Crippen MR) is 111 cm³/mol. The Morgan fingerprint density at radius 2 is 1.69 bits per heavy atom. The average Bonchev–Trinajstić information content (AvgIpc) is 2.74. The Kier molecular flexibility index (Phi) is 6.95. The summed E-state index contributed by atoms with van der Waals surface area (Å²) < 4.78 is 27.4. The molecular formula is C21H31N3O4S. The number of carbonyl (C=O) groups is 2. The van der Waals surface area contributed by atoms with Crippen LogP contribution in [0.4, 0.5) is 0 Å². The van der Waals surface area contributed by atoms with E-state index in [2.05, 4.69) is 5.32 Å². The smallest absolute Gasteiger partial charge is 0.243 e. The Hall–Kier alpha value is -1.93. The fraction of sp³-hybridized carbons (Fsp3) is 0.619. The third-order valence-corrected chi connectivity index (χ3v) is 7.98. The molecule has 0 aromatic heterocycles. The van der Waals surface area contributed by atoms with E-state index < -0.39 is 10.0 Å². The highest BCUT2D eigenvalue weighted by Crippen LogP contribution is 2.24. The van der Waals surface area contributed by atoms with E-state index in [4.69, 9.17) is 0 Å². The van der Waals surface area contributed by atoms with Gasteiger partial charge in [0.1, 0.15) is 0 Å². The molecule has 2 aliphatic rings. The van der Waals surface area contributed by atoms with Crippen LogP contribution < -0.4 is 5.32 Å². The highest BCUT2D eigenvalue weighted by Gasteiger charge is 2.31. The summed E-state index contributed by atoms with van der Waals surface area (Å²) in [6, 6.07) is 5.41. The molecule has 1 N–H and O–H groups in total. The van der Waals surface area contributed by atoms with Crippen LogP contribution in [0.15, 0.2) is 23.1 Å². The highest BCUT2D eigenvalue weighted by molar-refractivity contribution is 7.89. The number of nitrogens with one attached hydrogen (secondary N) is 1. The first-order chi connectivity index (χ1) is 13.8. The predicted octanol–water partition coefficient (Wildman–Crippen LogP) is 1.83. The minimum atomic E-state index is -3.58. The van der Waals surface area contributed by atoms with E-state index in [0.29, 0.717) is 18.0 Å². The summed E-state index contributed by atoms with van der Waals surface area (Å²) in [5.74, 6) is -0.164. The van der Waals surface area contributed by atoms with E-state index in [1.807, 2.05) is 19.1 Å². The third kappa shape index (κ3) is 5.17. The standard InChI is InChI=1S/C21H31N3O4S/c1-16-8-9-17(2)19(14-16)29(27,28)24-12-10-23(11-13-24)20(25)15-22-21(26)18-6-4-3-5-7-18/h8-9,14,18H,3-7,10-13,15H2,1-2H3,(H,22,26). The number of nitrogens with zero attached hydrogens (tertiary/aromatic N) is 2. The van der Waals surface area contributed by atoms with Gasteiger partial charge < -0.3 is 10.2 Å². The lowest BCUT2D eigenvalue weighted by atomic mass is 9.89. The summed E-state index contributed by atoms with van der Waals surface area (Å²) in [7, 11) is -3.58. The van der Waals surface area contributed by atoms with Crippen molar-refractivity contribution in [1.29, 1.82) is 0 Å². The lowest BCUT2D eigenvalue weighted by Gasteiger charge is -2.34. The van der Waals surface area contributed by atoms with Crippen LogP contribution in [0.1, 0.15) is 43.2 Å². The van der Waals surface area contributed by atoms with Crippen LogP contribution in [0.2, 0.25) is 0 Å². The Morgan fingerprint density at radius 3 is 2.34 bits per heavy atom. The van der Waals surface area contributed by atoms with Crippen molar-refractivity contribution in [1.82, 2.24) is 14.5 Å². The van der Waals surface area contributed by atoms with E-state index >= 15 is 0 Å². The molecule has 29 heavy (non-hydrogen) atoms. The van der Waals surface area contributed by atoms with Gasteiger partial charge in [-0.05, 0) is 43.9 Å². The largest absolute Gasteiger partial charge is 0.347 e. The van der Waals surface area contributed by atoms with Gasteiger partial charge >= 0.3 is 0 Å². The van der Waals surface area contributed by atoms with Gasteiger partial charge in [0.05, 0.1) is 11.4 Å². The number of sulfonamides is 1. The molecule has 1 aliphatic carbocycles.